The third-order valence-corrected chi connectivity index (χ3v) is 8.71. The molecule has 0 aromatic carbocycles. The molecule has 0 radical (unpaired) electrons. The summed E-state index contributed by atoms with van der Waals surface area (Å²) < 4.78 is 0. The number of hydrogen-bond donors (Lipinski definition) is 3. The fourth-order valence-electron chi connectivity index (χ4n) is 7.57. The van der Waals surface area contributed by atoms with Gasteiger partial charge in [0.15, 0.2) is 0 Å². The van der Waals surface area contributed by atoms with Crippen LogP contribution in [0.4, 0.5) is 0 Å². The molecule has 3 N–H and O–H groups in total. The quantitative estimate of drug-likeness (QED) is 0.645. The van der Waals surface area contributed by atoms with E-state index in [1.165, 1.54) is 12.0 Å². The third-order valence-electron chi connectivity index (χ3n) is 8.71. The van der Waals surface area contributed by atoms with Gasteiger partial charge in [-0.15, -0.1) is 0 Å². The lowest BCUT2D eigenvalue weighted by atomic mass is 9.47. The maximum atomic E-state index is 10.7. The first kappa shape index (κ1) is 17.1. The van der Waals surface area contributed by atoms with E-state index in [1.807, 2.05) is 6.92 Å². The van der Waals surface area contributed by atoms with Gasteiger partial charge in [0.1, 0.15) is 0 Å². The largest absolute Gasteiger partial charge is 0.393 e. The van der Waals surface area contributed by atoms with Crippen LogP contribution in [0.5, 0.6) is 0 Å². The lowest BCUT2D eigenvalue weighted by Gasteiger charge is -2.58. The van der Waals surface area contributed by atoms with Gasteiger partial charge in [0, 0.05) is 5.92 Å². The maximum absolute atomic E-state index is 10.7. The normalized spacial score (nSPS) is 55.2. The molecule has 0 aliphatic heterocycles. The van der Waals surface area contributed by atoms with Gasteiger partial charge in [-0.2, -0.15) is 0 Å². The summed E-state index contributed by atoms with van der Waals surface area (Å²) in [5, 5.41) is 31.0. The molecule has 0 amide bonds. The van der Waals surface area contributed by atoms with Crippen molar-refractivity contribution in [3.8, 4) is 0 Å². The van der Waals surface area contributed by atoms with Gasteiger partial charge in [-0.05, 0) is 80.5 Å². The van der Waals surface area contributed by atoms with Crippen molar-refractivity contribution in [3.05, 3.63) is 11.6 Å². The molecule has 0 unspecified atom stereocenters. The Morgan fingerprint density at radius 3 is 2.58 bits per heavy atom. The minimum absolute atomic E-state index is 0.0230. The SMILES string of the molecule is C[C@@H](O)[C@H]1[C@H](O)C[C@H]2[C@@H]3CC=C4C[C@H](O)CC[C@]4(C)[C@H]3CC[C@]12C. The molecule has 0 heterocycles. The average Bonchev–Trinajstić information content (AvgIpc) is 2.78. The molecule has 0 spiro atoms. The summed E-state index contributed by atoms with van der Waals surface area (Å²) in [6, 6.07) is 0. The molecule has 4 aliphatic carbocycles. The highest BCUT2D eigenvalue weighted by molar-refractivity contribution is 5.25. The number of aliphatic hydroxyl groups is 3. The van der Waals surface area contributed by atoms with E-state index in [2.05, 4.69) is 19.9 Å². The number of aliphatic hydroxyl groups excluding tert-OH is 3. The van der Waals surface area contributed by atoms with Crippen molar-refractivity contribution < 1.29 is 15.3 Å². The first-order valence-electron chi connectivity index (χ1n) is 10.0. The molecule has 4 aliphatic rings. The van der Waals surface area contributed by atoms with Crippen molar-refractivity contribution in [3.63, 3.8) is 0 Å². The van der Waals surface area contributed by atoms with E-state index in [4.69, 9.17) is 0 Å². The van der Waals surface area contributed by atoms with E-state index < -0.39 is 6.10 Å². The predicted octanol–water partition coefficient (Wildman–Crippen LogP) is 3.28. The summed E-state index contributed by atoms with van der Waals surface area (Å²) in [6.07, 6.45) is 8.67. The van der Waals surface area contributed by atoms with Crippen LogP contribution in [0, 0.1) is 34.5 Å². The Hall–Kier alpha value is -0.380. The van der Waals surface area contributed by atoms with Crippen LogP contribution >= 0.6 is 0 Å². The van der Waals surface area contributed by atoms with E-state index in [-0.39, 0.29) is 29.0 Å². The van der Waals surface area contributed by atoms with Gasteiger partial charge in [-0.3, -0.25) is 0 Å². The van der Waals surface area contributed by atoms with Crippen LogP contribution in [0.15, 0.2) is 11.6 Å². The maximum Gasteiger partial charge on any atom is 0.0601 e. The molecule has 3 fully saturated rings. The fourth-order valence-corrected chi connectivity index (χ4v) is 7.57. The van der Waals surface area contributed by atoms with Gasteiger partial charge >= 0.3 is 0 Å². The Morgan fingerprint density at radius 2 is 1.88 bits per heavy atom. The Bertz CT molecular complexity index is 541. The van der Waals surface area contributed by atoms with Crippen LogP contribution < -0.4 is 0 Å². The van der Waals surface area contributed by atoms with Crippen molar-refractivity contribution in [1.29, 1.82) is 0 Å². The van der Waals surface area contributed by atoms with Gasteiger partial charge in [0.05, 0.1) is 18.3 Å². The molecule has 0 saturated heterocycles. The molecular formula is C21H34O3. The van der Waals surface area contributed by atoms with Gasteiger partial charge in [-0.1, -0.05) is 25.5 Å². The zero-order valence-electron chi connectivity index (χ0n) is 15.4. The number of hydrogen-bond acceptors (Lipinski definition) is 3. The molecule has 0 aromatic heterocycles. The van der Waals surface area contributed by atoms with Crippen molar-refractivity contribution >= 4 is 0 Å². The minimum atomic E-state index is -0.429. The predicted molar refractivity (Wildman–Crippen MR) is 94.3 cm³/mol. The molecule has 9 atom stereocenters. The summed E-state index contributed by atoms with van der Waals surface area (Å²) in [5.74, 6) is 1.86. The topological polar surface area (TPSA) is 60.7 Å². The van der Waals surface area contributed by atoms with Crippen LogP contribution in [-0.2, 0) is 0 Å². The van der Waals surface area contributed by atoms with Crippen LogP contribution in [0.1, 0.15) is 65.7 Å². The Kier molecular flexibility index (Phi) is 3.95. The molecule has 0 bridgehead atoms. The number of fused-ring (bicyclic) bond motifs is 5. The van der Waals surface area contributed by atoms with E-state index in [9.17, 15) is 15.3 Å². The smallest absolute Gasteiger partial charge is 0.0601 e. The summed E-state index contributed by atoms with van der Waals surface area (Å²) in [6.45, 7) is 6.62. The van der Waals surface area contributed by atoms with Crippen LogP contribution in [0.2, 0.25) is 0 Å². The highest BCUT2D eigenvalue weighted by Gasteiger charge is 2.61. The standard InChI is InChI=1S/C21H34O3/c1-12(22)19-18(24)11-17-15-5-4-13-10-14(23)6-8-20(13,2)16(15)7-9-21(17,19)3/h4,12,14-19,22-24H,5-11H2,1-3H3/t12-,14-,15-,16+,17+,18-,19+,20+,21+/m1/s1. The second kappa shape index (κ2) is 5.56. The summed E-state index contributed by atoms with van der Waals surface area (Å²) in [4.78, 5) is 0. The average molecular weight is 335 g/mol. The molecular weight excluding hydrogens is 300 g/mol. The zero-order chi connectivity index (χ0) is 17.3. The lowest BCUT2D eigenvalue weighted by molar-refractivity contribution is -0.0761. The summed E-state index contributed by atoms with van der Waals surface area (Å²) in [7, 11) is 0. The molecule has 24 heavy (non-hydrogen) atoms. The monoisotopic (exact) mass is 334 g/mol. The van der Waals surface area contributed by atoms with Crippen molar-refractivity contribution in [2.24, 2.45) is 34.5 Å². The van der Waals surface area contributed by atoms with Gasteiger partial charge < -0.3 is 15.3 Å². The Labute approximate surface area is 146 Å². The zero-order valence-corrected chi connectivity index (χ0v) is 15.4. The fraction of sp³-hybridized carbons (Fsp3) is 0.905. The minimum Gasteiger partial charge on any atom is -0.393 e. The first-order valence-corrected chi connectivity index (χ1v) is 10.0. The highest BCUT2D eigenvalue weighted by atomic mass is 16.3. The molecule has 136 valence electrons. The van der Waals surface area contributed by atoms with Crippen molar-refractivity contribution in [2.45, 2.75) is 84.0 Å². The molecule has 0 aromatic rings. The Balaban J connectivity index is 1.67. The van der Waals surface area contributed by atoms with Gasteiger partial charge in [-0.25, -0.2) is 0 Å². The van der Waals surface area contributed by atoms with E-state index in [1.54, 1.807) is 0 Å². The van der Waals surface area contributed by atoms with Crippen LogP contribution in [-0.4, -0.2) is 33.6 Å². The van der Waals surface area contributed by atoms with Crippen LogP contribution in [0.3, 0.4) is 0 Å². The Morgan fingerprint density at radius 1 is 1.12 bits per heavy atom. The number of rotatable bonds is 1. The second-order valence-electron chi connectivity index (χ2n) is 9.77. The van der Waals surface area contributed by atoms with Gasteiger partial charge in [0.2, 0.25) is 0 Å². The van der Waals surface area contributed by atoms with Gasteiger partial charge in [0.25, 0.3) is 0 Å². The summed E-state index contributed by atoms with van der Waals surface area (Å²) in [5.41, 5.74) is 1.82. The lowest BCUT2D eigenvalue weighted by Crippen LogP contribution is -2.51. The second-order valence-corrected chi connectivity index (χ2v) is 9.77. The van der Waals surface area contributed by atoms with Crippen LogP contribution in [0.25, 0.3) is 0 Å². The molecule has 4 rings (SSSR count). The van der Waals surface area contributed by atoms with E-state index >= 15 is 0 Å². The highest BCUT2D eigenvalue weighted by Crippen LogP contribution is 2.66. The van der Waals surface area contributed by atoms with E-state index in [0.717, 1.165) is 38.5 Å². The molecule has 3 heteroatoms. The van der Waals surface area contributed by atoms with Crippen molar-refractivity contribution in [1.82, 2.24) is 0 Å². The first-order chi connectivity index (χ1) is 11.3. The molecule has 3 saturated carbocycles. The third kappa shape index (κ3) is 2.20. The van der Waals surface area contributed by atoms with Crippen molar-refractivity contribution in [2.75, 3.05) is 0 Å². The van der Waals surface area contributed by atoms with E-state index in [0.29, 0.717) is 17.8 Å². The molecule has 3 nitrogen and oxygen atoms in total. The number of allylic oxidation sites excluding steroid dienone is 1. The summed E-state index contributed by atoms with van der Waals surface area (Å²) >= 11 is 0.